The van der Waals surface area contributed by atoms with E-state index in [9.17, 15) is 4.79 Å². The molecule has 1 N–H and O–H groups in total. The van der Waals surface area contributed by atoms with E-state index in [1.165, 1.54) is 40.0 Å². The molecule has 0 radical (unpaired) electrons. The Labute approximate surface area is 169 Å². The molecule has 0 saturated heterocycles. The van der Waals surface area contributed by atoms with E-state index in [2.05, 4.69) is 27.6 Å². The Hall–Kier alpha value is -1.61. The molecule has 2 heterocycles. The predicted octanol–water partition coefficient (Wildman–Crippen LogP) is 4.62. The van der Waals surface area contributed by atoms with Crippen LogP contribution < -0.4 is 5.32 Å². The van der Waals surface area contributed by atoms with Gasteiger partial charge in [0.2, 0.25) is 11.0 Å². The maximum atomic E-state index is 12.3. The fourth-order valence-electron chi connectivity index (χ4n) is 2.11. The molecule has 0 bridgehead atoms. The van der Waals surface area contributed by atoms with Crippen molar-refractivity contribution in [2.45, 2.75) is 17.4 Å². The van der Waals surface area contributed by atoms with Crippen LogP contribution in [0, 0.1) is 0 Å². The molecule has 1 aromatic carbocycles. The average molecular weight is 425 g/mol. The van der Waals surface area contributed by atoms with Gasteiger partial charge >= 0.3 is 0 Å². The number of carbonyl (C=O) groups is 1. The van der Waals surface area contributed by atoms with Gasteiger partial charge in [-0.1, -0.05) is 65.0 Å². The molecule has 0 spiro atoms. The van der Waals surface area contributed by atoms with Crippen molar-refractivity contribution in [1.29, 1.82) is 0 Å². The number of anilines is 1. The van der Waals surface area contributed by atoms with Gasteiger partial charge in [0.15, 0.2) is 4.34 Å². The number of hydrogen-bond acceptors (Lipinski definition) is 7. The van der Waals surface area contributed by atoms with E-state index >= 15 is 0 Å². The summed E-state index contributed by atoms with van der Waals surface area (Å²) in [6.07, 6.45) is 0. The van der Waals surface area contributed by atoms with E-state index in [1.54, 1.807) is 11.9 Å². The molecule has 5 nitrogen and oxygen atoms in total. The molecule has 0 aliphatic carbocycles. The molecule has 1 amide bonds. The number of nitrogens with zero attached hydrogens (tertiary/aromatic N) is 3. The Morgan fingerprint density at radius 1 is 1.19 bits per heavy atom. The maximum Gasteiger partial charge on any atom is 0.233 e. The lowest BCUT2D eigenvalue weighted by molar-refractivity contribution is -0.127. The highest BCUT2D eigenvalue weighted by atomic mass is 35.5. The van der Waals surface area contributed by atoms with Crippen molar-refractivity contribution in [3.05, 3.63) is 57.2 Å². The van der Waals surface area contributed by atoms with Crippen LogP contribution in [0.4, 0.5) is 5.13 Å². The van der Waals surface area contributed by atoms with Crippen LogP contribution in [0.25, 0.3) is 0 Å². The minimum Gasteiger partial charge on any atom is -0.356 e. The first-order valence-electron chi connectivity index (χ1n) is 7.82. The molecule has 0 saturated carbocycles. The molecule has 0 atom stereocenters. The van der Waals surface area contributed by atoms with Crippen molar-refractivity contribution in [2.24, 2.45) is 0 Å². The van der Waals surface area contributed by atoms with E-state index in [0.717, 1.165) is 18.7 Å². The van der Waals surface area contributed by atoms with Crippen LogP contribution >= 0.6 is 46.0 Å². The largest absolute Gasteiger partial charge is 0.356 e. The molecule has 0 aliphatic heterocycles. The third-order valence-corrected chi connectivity index (χ3v) is 6.67. The lowest BCUT2D eigenvalue weighted by Crippen LogP contribution is -2.27. The monoisotopic (exact) mass is 424 g/mol. The Morgan fingerprint density at radius 2 is 2.00 bits per heavy atom. The van der Waals surface area contributed by atoms with Crippen molar-refractivity contribution in [3.63, 3.8) is 0 Å². The van der Waals surface area contributed by atoms with Crippen LogP contribution in [0.3, 0.4) is 0 Å². The molecule has 0 fully saturated rings. The van der Waals surface area contributed by atoms with Crippen LogP contribution in [0.1, 0.15) is 10.4 Å². The van der Waals surface area contributed by atoms with Crippen molar-refractivity contribution in [1.82, 2.24) is 15.1 Å². The number of amides is 1. The fraction of sp³-hybridized carbons (Fsp3) is 0.235. The topological polar surface area (TPSA) is 58.1 Å². The highest BCUT2D eigenvalue weighted by Gasteiger charge is 2.13. The molecule has 136 valence electrons. The van der Waals surface area contributed by atoms with E-state index in [4.69, 9.17) is 11.6 Å². The first-order valence-corrected chi connectivity index (χ1v) is 10.8. The third-order valence-electron chi connectivity index (χ3n) is 3.46. The van der Waals surface area contributed by atoms with Crippen LogP contribution in [0.15, 0.2) is 46.8 Å². The number of carbonyl (C=O) groups excluding carboxylic acids is 1. The second kappa shape index (κ2) is 9.36. The number of hydrogen-bond donors (Lipinski definition) is 1. The van der Waals surface area contributed by atoms with Gasteiger partial charge in [-0.25, -0.2) is 0 Å². The zero-order valence-electron chi connectivity index (χ0n) is 14.0. The first-order chi connectivity index (χ1) is 12.6. The summed E-state index contributed by atoms with van der Waals surface area (Å²) in [6.45, 7) is 1.27. The lowest BCUT2D eigenvalue weighted by atomic mass is 10.2. The molecule has 9 heteroatoms. The fourth-order valence-corrected chi connectivity index (χ4v) is 4.93. The van der Waals surface area contributed by atoms with Crippen molar-refractivity contribution in [3.8, 4) is 0 Å². The third kappa shape index (κ3) is 5.70. The summed E-state index contributed by atoms with van der Waals surface area (Å²) in [4.78, 5) is 15.0. The lowest BCUT2D eigenvalue weighted by Gasteiger charge is -2.15. The van der Waals surface area contributed by atoms with Gasteiger partial charge < -0.3 is 10.2 Å². The zero-order chi connectivity index (χ0) is 18.4. The number of halogens is 1. The van der Waals surface area contributed by atoms with E-state index in [1.807, 2.05) is 30.3 Å². The number of thioether (sulfide) groups is 1. The smallest absolute Gasteiger partial charge is 0.233 e. The second-order valence-corrected chi connectivity index (χ2v) is 9.46. The van der Waals surface area contributed by atoms with Crippen LogP contribution in [-0.2, 0) is 17.9 Å². The summed E-state index contributed by atoms with van der Waals surface area (Å²) in [5.41, 5.74) is 1.18. The van der Waals surface area contributed by atoms with E-state index in [-0.39, 0.29) is 5.91 Å². The van der Waals surface area contributed by atoms with Crippen LogP contribution in [-0.4, -0.2) is 33.8 Å². The predicted molar refractivity (Wildman–Crippen MR) is 110 cm³/mol. The summed E-state index contributed by atoms with van der Waals surface area (Å²) in [6, 6.07) is 13.9. The van der Waals surface area contributed by atoms with Gasteiger partial charge in [-0.05, 0) is 17.7 Å². The summed E-state index contributed by atoms with van der Waals surface area (Å²) in [5.74, 6) is 0.386. The molecular formula is C17H17ClN4OS3. The molecular weight excluding hydrogens is 408 g/mol. The maximum absolute atomic E-state index is 12.3. The molecule has 26 heavy (non-hydrogen) atoms. The Morgan fingerprint density at radius 3 is 2.73 bits per heavy atom. The van der Waals surface area contributed by atoms with Gasteiger partial charge in [-0.3, -0.25) is 4.79 Å². The summed E-state index contributed by atoms with van der Waals surface area (Å²) in [7, 11) is 1.80. The normalized spacial score (nSPS) is 10.7. The average Bonchev–Trinajstić information content (AvgIpc) is 3.27. The Bertz CT molecular complexity index is 853. The molecule has 3 aromatic rings. The van der Waals surface area contributed by atoms with Crippen LogP contribution in [0.5, 0.6) is 0 Å². The number of aromatic nitrogens is 2. The van der Waals surface area contributed by atoms with Crippen LogP contribution in [0.2, 0.25) is 4.34 Å². The number of thiophene rings is 1. The van der Waals surface area contributed by atoms with Gasteiger partial charge in [0, 0.05) is 18.5 Å². The Balaban J connectivity index is 1.44. The summed E-state index contributed by atoms with van der Waals surface area (Å²) in [5, 5.41) is 12.3. The number of nitrogens with one attached hydrogen (secondary N) is 1. The van der Waals surface area contributed by atoms with E-state index in [0.29, 0.717) is 18.8 Å². The highest BCUT2D eigenvalue weighted by molar-refractivity contribution is 8.01. The van der Waals surface area contributed by atoms with Gasteiger partial charge in [-0.15, -0.1) is 21.5 Å². The zero-order valence-corrected chi connectivity index (χ0v) is 17.2. The van der Waals surface area contributed by atoms with Crippen molar-refractivity contribution in [2.75, 3.05) is 18.1 Å². The highest BCUT2D eigenvalue weighted by Crippen LogP contribution is 2.26. The molecule has 2 aromatic heterocycles. The molecule has 3 rings (SSSR count). The SMILES string of the molecule is CN(Cc1ccc(Cl)s1)C(=O)CSc1nnc(NCc2ccccc2)s1. The molecule has 0 unspecified atom stereocenters. The minimum absolute atomic E-state index is 0.0496. The second-order valence-electron chi connectivity index (χ2n) is 5.46. The van der Waals surface area contributed by atoms with Gasteiger partial charge in [0.25, 0.3) is 0 Å². The standard InChI is InChI=1S/C17H17ClN4OS3/c1-22(10-13-7-8-14(18)25-13)15(23)11-24-17-21-20-16(26-17)19-9-12-5-3-2-4-6-12/h2-8H,9-11H2,1H3,(H,19,20). The minimum atomic E-state index is 0.0496. The first kappa shape index (κ1) is 19.2. The van der Waals surface area contributed by atoms with Gasteiger partial charge in [0.1, 0.15) is 0 Å². The summed E-state index contributed by atoms with van der Waals surface area (Å²) < 4.78 is 1.51. The van der Waals surface area contributed by atoms with E-state index < -0.39 is 0 Å². The number of benzene rings is 1. The molecule has 0 aliphatic rings. The van der Waals surface area contributed by atoms with Crippen molar-refractivity contribution >= 4 is 57.1 Å². The van der Waals surface area contributed by atoms with Gasteiger partial charge in [0.05, 0.1) is 16.6 Å². The Kier molecular flexibility index (Phi) is 6.90. The van der Waals surface area contributed by atoms with Crippen molar-refractivity contribution < 1.29 is 4.79 Å². The number of rotatable bonds is 8. The summed E-state index contributed by atoms with van der Waals surface area (Å²) >= 11 is 10.3. The quantitative estimate of drug-likeness (QED) is 0.535. The van der Waals surface area contributed by atoms with Gasteiger partial charge in [-0.2, -0.15) is 0 Å².